The molecule has 0 saturated carbocycles. The van der Waals surface area contributed by atoms with E-state index in [-0.39, 0.29) is 36.4 Å². The van der Waals surface area contributed by atoms with Gasteiger partial charge in [-0.25, -0.2) is 13.1 Å². The summed E-state index contributed by atoms with van der Waals surface area (Å²) in [5, 5.41) is 11.8. The van der Waals surface area contributed by atoms with Crippen LogP contribution in [0.3, 0.4) is 0 Å². The Morgan fingerprint density at radius 3 is 2.91 bits per heavy atom. The molecule has 0 radical (unpaired) electrons. The fourth-order valence-electron chi connectivity index (χ4n) is 1.86. The number of nitrogens with one attached hydrogen (secondary N) is 2. The van der Waals surface area contributed by atoms with Gasteiger partial charge >= 0.3 is 0 Å². The Balaban J connectivity index is 0.00000264. The molecule has 0 spiro atoms. The molecular formula is C13H15ClN6O2S. The van der Waals surface area contributed by atoms with Gasteiger partial charge < -0.3 is 5.73 Å². The monoisotopic (exact) mass is 354 g/mol. The van der Waals surface area contributed by atoms with Crippen molar-refractivity contribution in [3.8, 4) is 6.19 Å². The molecule has 0 bridgehead atoms. The maximum Gasteiger partial charge on any atom is 0.241 e. The third kappa shape index (κ3) is 4.79. The number of rotatable bonds is 5. The van der Waals surface area contributed by atoms with Gasteiger partial charge in [0.2, 0.25) is 16.0 Å². The highest BCUT2D eigenvalue weighted by Gasteiger charge is 2.16. The van der Waals surface area contributed by atoms with E-state index in [1.54, 1.807) is 36.8 Å². The Morgan fingerprint density at radius 1 is 1.39 bits per heavy atom. The Bertz CT molecular complexity index is 842. The second-order valence-electron chi connectivity index (χ2n) is 4.25. The number of hydrogen-bond acceptors (Lipinski definition) is 5. The fourth-order valence-corrected chi connectivity index (χ4v) is 3.11. The highest BCUT2D eigenvalue weighted by Crippen LogP contribution is 2.21. The van der Waals surface area contributed by atoms with Gasteiger partial charge in [0.1, 0.15) is 0 Å². The molecule has 1 aromatic carbocycles. The van der Waals surface area contributed by atoms with Gasteiger partial charge in [0, 0.05) is 29.7 Å². The number of aliphatic imine (C=N–C) groups is 1. The van der Waals surface area contributed by atoms with Crippen LogP contribution in [0.1, 0.15) is 0 Å². The number of nitrogens with two attached hydrogens (primary N) is 1. The fraction of sp³-hybridized carbons (Fsp3) is 0.154. The van der Waals surface area contributed by atoms with Crippen molar-refractivity contribution in [3.63, 3.8) is 0 Å². The van der Waals surface area contributed by atoms with Crippen molar-refractivity contribution in [3.05, 3.63) is 36.7 Å². The SMILES string of the molecule is Cl.N#CNC(N)=NCCNS(=O)(=O)c1cccc2cnccc12. The van der Waals surface area contributed by atoms with E-state index >= 15 is 0 Å². The number of fused-ring (bicyclic) bond motifs is 1. The minimum absolute atomic E-state index is 0. The number of hydrogen-bond donors (Lipinski definition) is 3. The predicted molar refractivity (Wildman–Crippen MR) is 89.4 cm³/mol. The molecule has 1 heterocycles. The van der Waals surface area contributed by atoms with Gasteiger partial charge in [-0.2, -0.15) is 5.26 Å². The van der Waals surface area contributed by atoms with Gasteiger partial charge in [-0.1, -0.05) is 12.1 Å². The summed E-state index contributed by atoms with van der Waals surface area (Å²) in [6.07, 6.45) is 4.77. The molecule has 2 aromatic rings. The Kier molecular flexibility index (Phi) is 6.71. The van der Waals surface area contributed by atoms with Crippen molar-refractivity contribution < 1.29 is 8.42 Å². The van der Waals surface area contributed by atoms with E-state index in [0.29, 0.717) is 5.39 Å². The molecule has 8 nitrogen and oxygen atoms in total. The molecular weight excluding hydrogens is 340 g/mol. The van der Waals surface area contributed by atoms with Gasteiger partial charge in [-0.05, 0) is 12.1 Å². The molecule has 0 amide bonds. The maximum absolute atomic E-state index is 12.3. The third-order valence-electron chi connectivity index (χ3n) is 2.80. The number of aromatic nitrogens is 1. The van der Waals surface area contributed by atoms with E-state index in [4.69, 9.17) is 11.0 Å². The van der Waals surface area contributed by atoms with E-state index in [9.17, 15) is 8.42 Å². The standard InChI is InChI=1S/C13H14N6O2S.ClH/c14-9-18-13(15)17-6-7-19-22(20,21)12-3-1-2-10-8-16-5-4-11(10)12;/h1-5,8,19H,6-7H2,(H3,15,17,18);1H. The van der Waals surface area contributed by atoms with Crippen LogP contribution in [-0.4, -0.2) is 32.5 Å². The molecule has 0 aliphatic rings. The number of nitriles is 1. The van der Waals surface area contributed by atoms with Crippen molar-refractivity contribution in [2.45, 2.75) is 4.90 Å². The minimum Gasteiger partial charge on any atom is -0.369 e. The molecule has 4 N–H and O–H groups in total. The van der Waals surface area contributed by atoms with Crippen molar-refractivity contribution in [1.82, 2.24) is 15.0 Å². The molecule has 122 valence electrons. The third-order valence-corrected chi connectivity index (χ3v) is 4.32. The molecule has 23 heavy (non-hydrogen) atoms. The molecule has 0 unspecified atom stereocenters. The molecule has 0 aliphatic carbocycles. The number of nitrogens with zero attached hydrogens (tertiary/aromatic N) is 3. The first-order chi connectivity index (χ1) is 10.5. The largest absolute Gasteiger partial charge is 0.369 e. The smallest absolute Gasteiger partial charge is 0.241 e. The van der Waals surface area contributed by atoms with E-state index in [0.717, 1.165) is 5.39 Å². The number of pyridine rings is 1. The van der Waals surface area contributed by atoms with Crippen LogP contribution in [0.25, 0.3) is 10.8 Å². The molecule has 0 atom stereocenters. The molecule has 1 aromatic heterocycles. The second-order valence-corrected chi connectivity index (χ2v) is 5.99. The zero-order valence-corrected chi connectivity index (χ0v) is 13.6. The summed E-state index contributed by atoms with van der Waals surface area (Å²) in [7, 11) is -3.67. The van der Waals surface area contributed by atoms with Crippen LogP contribution in [-0.2, 0) is 10.0 Å². The van der Waals surface area contributed by atoms with Crippen LogP contribution in [0.15, 0.2) is 46.5 Å². The lowest BCUT2D eigenvalue weighted by atomic mass is 10.2. The summed E-state index contributed by atoms with van der Waals surface area (Å²) in [5.41, 5.74) is 5.35. The topological polar surface area (TPSA) is 133 Å². The zero-order chi connectivity index (χ0) is 16.0. The average Bonchev–Trinajstić information content (AvgIpc) is 2.51. The lowest BCUT2D eigenvalue weighted by Crippen LogP contribution is -2.30. The normalized spacial score (nSPS) is 11.5. The van der Waals surface area contributed by atoms with Crippen LogP contribution >= 0.6 is 12.4 Å². The van der Waals surface area contributed by atoms with E-state index < -0.39 is 10.0 Å². The van der Waals surface area contributed by atoms with Gasteiger partial charge in [-0.15, -0.1) is 12.4 Å². The number of sulfonamides is 1. The quantitative estimate of drug-likeness (QED) is 0.233. The van der Waals surface area contributed by atoms with E-state index in [2.05, 4.69) is 20.0 Å². The van der Waals surface area contributed by atoms with Crippen molar-refractivity contribution in [2.24, 2.45) is 10.7 Å². The lowest BCUT2D eigenvalue weighted by Gasteiger charge is -2.08. The highest BCUT2D eigenvalue weighted by atomic mass is 35.5. The summed E-state index contributed by atoms with van der Waals surface area (Å²) in [4.78, 5) is 7.95. The van der Waals surface area contributed by atoms with Crippen LogP contribution < -0.4 is 15.8 Å². The second kappa shape index (κ2) is 8.28. The Labute approximate surface area is 139 Å². The summed E-state index contributed by atoms with van der Waals surface area (Å²) >= 11 is 0. The van der Waals surface area contributed by atoms with Gasteiger partial charge in [-0.3, -0.25) is 15.3 Å². The summed E-state index contributed by atoms with van der Waals surface area (Å²) in [5.74, 6) is -0.0575. The first-order valence-electron chi connectivity index (χ1n) is 6.32. The Morgan fingerprint density at radius 2 is 2.17 bits per heavy atom. The average molecular weight is 355 g/mol. The number of halogens is 1. The maximum atomic E-state index is 12.3. The summed E-state index contributed by atoms with van der Waals surface area (Å²) in [6, 6.07) is 6.63. The van der Waals surface area contributed by atoms with Crippen molar-refractivity contribution in [2.75, 3.05) is 13.1 Å². The lowest BCUT2D eigenvalue weighted by molar-refractivity contribution is 0.583. The molecule has 0 aliphatic heterocycles. The summed E-state index contributed by atoms with van der Waals surface area (Å²) < 4.78 is 27.1. The Hall–Kier alpha value is -2.41. The minimum atomic E-state index is -3.67. The molecule has 0 saturated heterocycles. The van der Waals surface area contributed by atoms with Crippen molar-refractivity contribution >= 4 is 39.2 Å². The first-order valence-corrected chi connectivity index (χ1v) is 7.80. The van der Waals surface area contributed by atoms with Gasteiger partial charge in [0.15, 0.2) is 6.19 Å². The zero-order valence-electron chi connectivity index (χ0n) is 11.9. The molecule has 2 rings (SSSR count). The predicted octanol–water partition coefficient (Wildman–Crippen LogP) is 0.320. The van der Waals surface area contributed by atoms with Gasteiger partial charge in [0.25, 0.3) is 0 Å². The van der Waals surface area contributed by atoms with Crippen LogP contribution in [0.2, 0.25) is 0 Å². The number of benzene rings is 1. The van der Waals surface area contributed by atoms with Crippen LogP contribution in [0, 0.1) is 11.5 Å². The van der Waals surface area contributed by atoms with Crippen molar-refractivity contribution in [1.29, 1.82) is 5.26 Å². The van der Waals surface area contributed by atoms with Gasteiger partial charge in [0.05, 0.1) is 11.4 Å². The molecule has 0 fully saturated rings. The summed E-state index contributed by atoms with van der Waals surface area (Å²) in [6.45, 7) is 0.184. The van der Waals surface area contributed by atoms with E-state index in [1.165, 1.54) is 6.07 Å². The van der Waals surface area contributed by atoms with Crippen LogP contribution in [0.4, 0.5) is 0 Å². The first kappa shape index (κ1) is 18.6. The van der Waals surface area contributed by atoms with Crippen LogP contribution in [0.5, 0.6) is 0 Å². The van der Waals surface area contributed by atoms with E-state index in [1.807, 2.05) is 0 Å². The molecule has 10 heteroatoms. The highest BCUT2D eigenvalue weighted by molar-refractivity contribution is 7.89. The number of guanidine groups is 1.